The predicted octanol–water partition coefficient (Wildman–Crippen LogP) is 2.63. The lowest BCUT2D eigenvalue weighted by atomic mass is 10.2. The van der Waals surface area contributed by atoms with Gasteiger partial charge in [-0.25, -0.2) is 8.42 Å². The van der Waals surface area contributed by atoms with Crippen molar-refractivity contribution in [1.29, 1.82) is 0 Å². The van der Waals surface area contributed by atoms with Crippen molar-refractivity contribution >= 4 is 16.2 Å². The van der Waals surface area contributed by atoms with Crippen molar-refractivity contribution in [2.45, 2.75) is 25.4 Å². The van der Waals surface area contributed by atoms with Crippen molar-refractivity contribution in [2.75, 3.05) is 0 Å². The zero-order chi connectivity index (χ0) is 16.7. The minimum Gasteiger partial charge on any atom is -0.741 e. The van der Waals surface area contributed by atoms with Crippen molar-refractivity contribution in [3.05, 3.63) is 48.8 Å². The standard InChI is InChI=1S/C12H16N.CHF3O3S/c1-4-12-7-5-6-9-13(12)10-8-11(2)3;2-1(3,4)8(5,6)7/h4-7,9H,1-2,8,10H2,3H3;(H,5,6,7)/q+1;/p-1. The van der Waals surface area contributed by atoms with E-state index >= 15 is 0 Å². The summed E-state index contributed by atoms with van der Waals surface area (Å²) >= 11 is 0. The second kappa shape index (κ2) is 7.94. The Morgan fingerprint density at radius 2 is 1.95 bits per heavy atom. The topological polar surface area (TPSA) is 61.1 Å². The third-order valence-corrected chi connectivity index (χ3v) is 2.81. The van der Waals surface area contributed by atoms with Crippen LogP contribution in [-0.2, 0) is 16.7 Å². The smallest absolute Gasteiger partial charge is 0.485 e. The molecule has 8 heteroatoms. The number of allylic oxidation sites excluding steroid dienone is 1. The number of halogens is 3. The van der Waals surface area contributed by atoms with Crippen LogP contribution in [0.5, 0.6) is 0 Å². The highest BCUT2D eigenvalue weighted by molar-refractivity contribution is 7.86. The van der Waals surface area contributed by atoms with Crippen molar-refractivity contribution in [3.63, 3.8) is 0 Å². The van der Waals surface area contributed by atoms with Gasteiger partial charge in [0.1, 0.15) is 0 Å². The first-order chi connectivity index (χ1) is 9.49. The van der Waals surface area contributed by atoms with Crippen LogP contribution in [0.3, 0.4) is 0 Å². The van der Waals surface area contributed by atoms with Gasteiger partial charge in [0, 0.05) is 24.6 Å². The van der Waals surface area contributed by atoms with Gasteiger partial charge in [-0.05, 0) is 13.0 Å². The second-order valence-electron chi connectivity index (χ2n) is 4.13. The molecule has 1 heterocycles. The third kappa shape index (κ3) is 7.62. The molecule has 0 aliphatic rings. The molecular weight excluding hydrogens is 307 g/mol. The van der Waals surface area contributed by atoms with Crippen molar-refractivity contribution in [2.24, 2.45) is 0 Å². The van der Waals surface area contributed by atoms with E-state index in [1.165, 1.54) is 5.57 Å². The Kier molecular flexibility index (Phi) is 7.31. The van der Waals surface area contributed by atoms with Crippen LogP contribution < -0.4 is 4.57 Å². The number of alkyl halides is 3. The summed E-state index contributed by atoms with van der Waals surface area (Å²) in [6.45, 7) is 10.7. The van der Waals surface area contributed by atoms with E-state index in [4.69, 9.17) is 13.0 Å². The van der Waals surface area contributed by atoms with Crippen LogP contribution in [-0.4, -0.2) is 18.5 Å². The van der Waals surface area contributed by atoms with E-state index in [9.17, 15) is 13.2 Å². The first-order valence-electron chi connectivity index (χ1n) is 5.76. The van der Waals surface area contributed by atoms with Crippen LogP contribution in [0, 0.1) is 0 Å². The Morgan fingerprint density at radius 1 is 1.43 bits per heavy atom. The molecule has 0 saturated carbocycles. The molecule has 0 bridgehead atoms. The lowest BCUT2D eigenvalue weighted by Crippen LogP contribution is -2.36. The minimum atomic E-state index is -6.09. The lowest BCUT2D eigenvalue weighted by molar-refractivity contribution is -0.698. The van der Waals surface area contributed by atoms with Gasteiger partial charge in [0.25, 0.3) is 0 Å². The van der Waals surface area contributed by atoms with E-state index in [1.54, 1.807) is 0 Å². The van der Waals surface area contributed by atoms with Gasteiger partial charge in [-0.2, -0.15) is 17.7 Å². The van der Waals surface area contributed by atoms with E-state index in [2.05, 4.69) is 36.9 Å². The zero-order valence-corrected chi connectivity index (χ0v) is 12.2. The Bertz CT molecular complexity index is 595. The largest absolute Gasteiger partial charge is 0.741 e. The molecule has 0 unspecified atom stereocenters. The minimum absolute atomic E-state index is 0.984. The van der Waals surface area contributed by atoms with Gasteiger partial charge in [0.15, 0.2) is 22.9 Å². The zero-order valence-electron chi connectivity index (χ0n) is 11.4. The van der Waals surface area contributed by atoms with Crippen molar-refractivity contribution < 1.29 is 30.7 Å². The Labute approximate surface area is 122 Å². The maximum Gasteiger partial charge on any atom is 0.485 e. The molecule has 1 aromatic heterocycles. The van der Waals surface area contributed by atoms with E-state index in [0.717, 1.165) is 18.7 Å². The van der Waals surface area contributed by atoms with Crippen molar-refractivity contribution in [1.82, 2.24) is 0 Å². The fourth-order valence-corrected chi connectivity index (χ4v) is 1.19. The molecule has 0 aliphatic heterocycles. The van der Waals surface area contributed by atoms with Crippen LogP contribution in [0.1, 0.15) is 19.0 Å². The molecule has 0 amide bonds. The van der Waals surface area contributed by atoms with E-state index in [0.29, 0.717) is 0 Å². The van der Waals surface area contributed by atoms with Gasteiger partial charge < -0.3 is 4.55 Å². The Morgan fingerprint density at radius 3 is 2.33 bits per heavy atom. The molecule has 4 nitrogen and oxygen atoms in total. The van der Waals surface area contributed by atoms with Crippen LogP contribution in [0.2, 0.25) is 0 Å². The normalized spacial score (nSPS) is 11.3. The van der Waals surface area contributed by atoms with Crippen LogP contribution in [0.4, 0.5) is 13.2 Å². The maximum absolute atomic E-state index is 10.7. The molecule has 0 aromatic carbocycles. The highest BCUT2D eigenvalue weighted by atomic mass is 32.2. The number of aryl methyl sites for hydroxylation is 1. The summed E-state index contributed by atoms with van der Waals surface area (Å²) < 4.78 is 61.1. The molecule has 0 fully saturated rings. The number of hydrogen-bond acceptors (Lipinski definition) is 3. The van der Waals surface area contributed by atoms with Crippen molar-refractivity contribution in [3.8, 4) is 0 Å². The fourth-order valence-electron chi connectivity index (χ4n) is 1.19. The molecule has 1 rings (SSSR count). The van der Waals surface area contributed by atoms with Gasteiger partial charge in [0.2, 0.25) is 5.69 Å². The highest BCUT2D eigenvalue weighted by Gasteiger charge is 2.36. The first kappa shape index (κ1) is 19.3. The molecule has 0 radical (unpaired) electrons. The number of nitrogens with zero attached hydrogens (tertiary/aromatic N) is 1. The van der Waals surface area contributed by atoms with Crippen LogP contribution >= 0.6 is 0 Å². The second-order valence-corrected chi connectivity index (χ2v) is 5.50. The Hall–Kier alpha value is -1.67. The molecular formula is C13H16F3NO3S. The monoisotopic (exact) mass is 323 g/mol. The van der Waals surface area contributed by atoms with Gasteiger partial charge >= 0.3 is 5.51 Å². The summed E-state index contributed by atoms with van der Waals surface area (Å²) in [7, 11) is -6.09. The number of aromatic nitrogens is 1. The Balaban J connectivity index is 0.000000433. The van der Waals surface area contributed by atoms with Gasteiger partial charge in [-0.1, -0.05) is 18.7 Å². The van der Waals surface area contributed by atoms with Gasteiger partial charge in [0.05, 0.1) is 0 Å². The first-order valence-corrected chi connectivity index (χ1v) is 7.17. The molecule has 0 spiro atoms. The summed E-state index contributed by atoms with van der Waals surface area (Å²) in [5.41, 5.74) is -3.28. The third-order valence-electron chi connectivity index (χ3n) is 2.25. The average molecular weight is 323 g/mol. The predicted molar refractivity (Wildman–Crippen MR) is 71.9 cm³/mol. The quantitative estimate of drug-likeness (QED) is 0.370. The summed E-state index contributed by atoms with van der Waals surface area (Å²) in [6.07, 6.45) is 4.97. The maximum atomic E-state index is 10.7. The molecule has 0 atom stereocenters. The molecule has 0 N–H and O–H groups in total. The summed E-state index contributed by atoms with van der Waals surface area (Å²) in [4.78, 5) is 0. The summed E-state index contributed by atoms with van der Waals surface area (Å²) in [6, 6.07) is 6.12. The summed E-state index contributed by atoms with van der Waals surface area (Å²) in [5.74, 6) is 0. The molecule has 0 saturated heterocycles. The van der Waals surface area contributed by atoms with Gasteiger partial charge in [-0.15, -0.1) is 0 Å². The SMILES string of the molecule is C=Cc1cccc[n+]1CCC(=C)C.O=S(=O)([O-])C(F)(F)F. The van der Waals surface area contributed by atoms with Crippen LogP contribution in [0.15, 0.2) is 43.1 Å². The summed E-state index contributed by atoms with van der Waals surface area (Å²) in [5, 5.41) is 0. The number of rotatable bonds is 4. The molecule has 21 heavy (non-hydrogen) atoms. The number of pyridine rings is 1. The molecule has 0 aliphatic carbocycles. The van der Waals surface area contributed by atoms with E-state index in [1.807, 2.05) is 18.2 Å². The fraction of sp³-hybridized carbons (Fsp3) is 0.308. The molecule has 118 valence electrons. The number of hydrogen-bond donors (Lipinski definition) is 0. The average Bonchev–Trinajstić information content (AvgIpc) is 2.35. The van der Waals surface area contributed by atoms with Crippen LogP contribution in [0.25, 0.3) is 6.08 Å². The lowest BCUT2D eigenvalue weighted by Gasteiger charge is -2.08. The van der Waals surface area contributed by atoms with Gasteiger partial charge in [-0.3, -0.25) is 0 Å². The van der Waals surface area contributed by atoms with E-state index < -0.39 is 15.6 Å². The molecule has 1 aromatic rings. The highest BCUT2D eigenvalue weighted by Crippen LogP contribution is 2.20. The van der Waals surface area contributed by atoms with E-state index in [-0.39, 0.29) is 0 Å².